The lowest BCUT2D eigenvalue weighted by Crippen LogP contribution is -2.60. The van der Waals surface area contributed by atoms with Gasteiger partial charge in [-0.05, 0) is 12.1 Å². The Hall–Kier alpha value is -2.89. The molecule has 1 heterocycles. The predicted octanol–water partition coefficient (Wildman–Crippen LogP) is -0.181. The number of carbonyl (C=O) groups excluding carboxylic acids is 1. The van der Waals surface area contributed by atoms with Crippen LogP contribution in [0.15, 0.2) is 36.4 Å². The van der Waals surface area contributed by atoms with Gasteiger partial charge < -0.3 is 44.5 Å². The minimum atomic E-state index is -1.59. The Kier molecular flexibility index (Phi) is 6.98. The molecule has 3 rings (SSSR count). The summed E-state index contributed by atoms with van der Waals surface area (Å²) < 4.78 is 21.3. The van der Waals surface area contributed by atoms with Crippen molar-refractivity contribution in [2.45, 2.75) is 30.7 Å². The van der Waals surface area contributed by atoms with Crippen molar-refractivity contribution in [2.24, 2.45) is 0 Å². The monoisotopic (exact) mass is 436 g/mol. The number of phenolic OH excluding ortho intramolecular Hbond substituents is 1. The van der Waals surface area contributed by atoms with Crippen molar-refractivity contribution in [2.75, 3.05) is 20.8 Å². The van der Waals surface area contributed by atoms with Crippen LogP contribution in [-0.2, 0) is 4.74 Å². The van der Waals surface area contributed by atoms with Crippen LogP contribution < -0.4 is 14.2 Å². The van der Waals surface area contributed by atoms with E-state index < -0.39 is 43.1 Å². The van der Waals surface area contributed by atoms with Gasteiger partial charge in [-0.1, -0.05) is 12.1 Å². The second kappa shape index (κ2) is 9.50. The molecular formula is C21H24O10. The van der Waals surface area contributed by atoms with Gasteiger partial charge in [0.1, 0.15) is 53.0 Å². The maximum Gasteiger partial charge on any atom is 0.229 e. The summed E-state index contributed by atoms with van der Waals surface area (Å²) in [5, 5.41) is 49.0. The first-order valence-electron chi connectivity index (χ1n) is 9.37. The highest BCUT2D eigenvalue weighted by Crippen LogP contribution is 2.35. The molecule has 2 aromatic carbocycles. The van der Waals surface area contributed by atoms with Crippen molar-refractivity contribution in [3.05, 3.63) is 47.5 Å². The molecule has 1 aliphatic heterocycles. The first kappa shape index (κ1) is 22.8. The molecule has 0 aliphatic carbocycles. The molecular weight excluding hydrogens is 412 g/mol. The number of aliphatic hydroxyl groups is 4. The van der Waals surface area contributed by atoms with Gasteiger partial charge in [-0.2, -0.15) is 0 Å². The molecule has 1 fully saturated rings. The van der Waals surface area contributed by atoms with E-state index in [1.54, 1.807) is 0 Å². The minimum absolute atomic E-state index is 0.0905. The van der Waals surface area contributed by atoms with Crippen molar-refractivity contribution < 1.29 is 49.3 Å². The normalized spacial score (nSPS) is 25.7. The number of carbonyl (C=O) groups is 1. The number of ether oxygens (including phenoxy) is 4. The van der Waals surface area contributed by atoms with E-state index in [0.717, 1.165) is 0 Å². The Bertz CT molecular complexity index is 903. The van der Waals surface area contributed by atoms with Crippen molar-refractivity contribution in [1.82, 2.24) is 0 Å². The number of rotatable bonds is 7. The number of benzene rings is 2. The lowest BCUT2D eigenvalue weighted by atomic mass is 9.99. The Labute approximate surface area is 177 Å². The van der Waals surface area contributed by atoms with Crippen LogP contribution in [0.5, 0.6) is 23.0 Å². The molecule has 10 nitrogen and oxygen atoms in total. The van der Waals surface area contributed by atoms with E-state index >= 15 is 0 Å². The van der Waals surface area contributed by atoms with Gasteiger partial charge in [0.25, 0.3) is 0 Å². The third-order valence-electron chi connectivity index (χ3n) is 4.91. The minimum Gasteiger partial charge on any atom is -0.508 e. The fourth-order valence-corrected chi connectivity index (χ4v) is 3.28. The van der Waals surface area contributed by atoms with Crippen LogP contribution in [0, 0.1) is 0 Å². The lowest BCUT2D eigenvalue weighted by molar-refractivity contribution is -0.277. The third-order valence-corrected chi connectivity index (χ3v) is 4.91. The van der Waals surface area contributed by atoms with Crippen LogP contribution in [0.2, 0.25) is 0 Å². The molecule has 0 radical (unpaired) electrons. The number of phenols is 1. The highest BCUT2D eigenvalue weighted by Gasteiger charge is 2.44. The van der Waals surface area contributed by atoms with E-state index in [0.29, 0.717) is 0 Å². The summed E-state index contributed by atoms with van der Waals surface area (Å²) in [6, 6.07) is 8.51. The zero-order chi connectivity index (χ0) is 22.7. The quantitative estimate of drug-likeness (QED) is 0.369. The van der Waals surface area contributed by atoms with E-state index in [1.165, 1.54) is 50.6 Å². The maximum atomic E-state index is 13.1. The zero-order valence-electron chi connectivity index (χ0n) is 16.8. The molecule has 10 heteroatoms. The van der Waals surface area contributed by atoms with E-state index in [2.05, 4.69) is 0 Å². The lowest BCUT2D eigenvalue weighted by Gasteiger charge is -2.39. The Morgan fingerprint density at radius 3 is 2.23 bits per heavy atom. The zero-order valence-corrected chi connectivity index (χ0v) is 16.8. The van der Waals surface area contributed by atoms with Gasteiger partial charge in [0.15, 0.2) is 0 Å². The number of hydrogen-bond acceptors (Lipinski definition) is 10. The van der Waals surface area contributed by atoms with Crippen LogP contribution in [0.3, 0.4) is 0 Å². The topological polar surface area (TPSA) is 155 Å². The van der Waals surface area contributed by atoms with Crippen LogP contribution in [0.4, 0.5) is 0 Å². The molecule has 1 saturated heterocycles. The van der Waals surface area contributed by atoms with Gasteiger partial charge in [0.2, 0.25) is 12.1 Å². The van der Waals surface area contributed by atoms with Crippen molar-refractivity contribution in [3.63, 3.8) is 0 Å². The molecule has 5 atom stereocenters. The highest BCUT2D eigenvalue weighted by molar-refractivity contribution is 6.12. The predicted molar refractivity (Wildman–Crippen MR) is 105 cm³/mol. The van der Waals surface area contributed by atoms with Crippen molar-refractivity contribution >= 4 is 5.78 Å². The highest BCUT2D eigenvalue weighted by atomic mass is 16.7. The fourth-order valence-electron chi connectivity index (χ4n) is 3.28. The summed E-state index contributed by atoms with van der Waals surface area (Å²) in [4.78, 5) is 13.1. The third kappa shape index (κ3) is 4.58. The Balaban J connectivity index is 1.88. The molecule has 2 aromatic rings. The number of aromatic hydroxyl groups is 1. The average molecular weight is 436 g/mol. The number of aliphatic hydroxyl groups excluding tert-OH is 4. The standard InChI is InChI=1S/C21H24O10/c1-28-13-7-11(23)8-14(29-2)16(13)17(24)10-4-3-5-12(6-10)30-21-20(27)19(26)18(25)15(9-22)31-21/h3-8,15,18-23,25-27H,9H2,1-2H3. The molecule has 31 heavy (non-hydrogen) atoms. The van der Waals surface area contributed by atoms with Crippen LogP contribution in [0.1, 0.15) is 15.9 Å². The molecule has 0 spiro atoms. The molecule has 0 saturated carbocycles. The van der Waals surface area contributed by atoms with Crippen LogP contribution in [-0.4, -0.2) is 82.8 Å². The molecule has 0 amide bonds. The molecule has 0 bridgehead atoms. The van der Waals surface area contributed by atoms with Gasteiger partial charge in [-0.15, -0.1) is 0 Å². The van der Waals surface area contributed by atoms with Gasteiger partial charge in [0, 0.05) is 17.7 Å². The molecule has 5 N–H and O–H groups in total. The Morgan fingerprint density at radius 2 is 1.65 bits per heavy atom. The largest absolute Gasteiger partial charge is 0.508 e. The summed E-state index contributed by atoms with van der Waals surface area (Å²) in [6.45, 7) is -0.593. The summed E-state index contributed by atoms with van der Waals surface area (Å²) in [6.07, 6.45) is -7.21. The van der Waals surface area contributed by atoms with Gasteiger partial charge in [0.05, 0.1) is 20.8 Å². The van der Waals surface area contributed by atoms with E-state index in [1.807, 2.05) is 0 Å². The summed E-state index contributed by atoms with van der Waals surface area (Å²) >= 11 is 0. The molecule has 5 unspecified atom stereocenters. The smallest absolute Gasteiger partial charge is 0.229 e. The van der Waals surface area contributed by atoms with Gasteiger partial charge in [-0.25, -0.2) is 0 Å². The average Bonchev–Trinajstić information content (AvgIpc) is 2.78. The number of methoxy groups -OCH3 is 2. The fraction of sp³-hybridized carbons (Fsp3) is 0.381. The van der Waals surface area contributed by atoms with Crippen molar-refractivity contribution in [1.29, 1.82) is 0 Å². The number of hydrogen-bond donors (Lipinski definition) is 5. The Morgan fingerprint density at radius 1 is 1.00 bits per heavy atom. The van der Waals surface area contributed by atoms with Gasteiger partial charge >= 0.3 is 0 Å². The second-order valence-corrected chi connectivity index (χ2v) is 6.90. The van der Waals surface area contributed by atoms with E-state index in [9.17, 15) is 30.3 Å². The SMILES string of the molecule is COc1cc(O)cc(OC)c1C(=O)c1cccc(OC2OC(CO)C(O)C(O)C2O)c1. The van der Waals surface area contributed by atoms with Crippen LogP contribution >= 0.6 is 0 Å². The first-order valence-corrected chi connectivity index (χ1v) is 9.37. The molecule has 1 aliphatic rings. The van der Waals surface area contributed by atoms with Crippen molar-refractivity contribution in [3.8, 4) is 23.0 Å². The van der Waals surface area contributed by atoms with Gasteiger partial charge in [-0.3, -0.25) is 4.79 Å². The maximum absolute atomic E-state index is 13.1. The summed E-state index contributed by atoms with van der Waals surface area (Å²) in [5.41, 5.74) is 0.275. The van der Waals surface area contributed by atoms with Crippen LogP contribution in [0.25, 0.3) is 0 Å². The second-order valence-electron chi connectivity index (χ2n) is 6.90. The summed E-state index contributed by atoms with van der Waals surface area (Å²) in [5.74, 6) is -0.256. The molecule has 0 aromatic heterocycles. The summed E-state index contributed by atoms with van der Waals surface area (Å²) in [7, 11) is 2.70. The first-order chi connectivity index (χ1) is 14.8. The molecule has 168 valence electrons. The number of ketones is 1. The van der Waals surface area contributed by atoms with E-state index in [-0.39, 0.29) is 34.1 Å². The van der Waals surface area contributed by atoms with E-state index in [4.69, 9.17) is 18.9 Å².